The van der Waals surface area contributed by atoms with Crippen molar-refractivity contribution < 1.29 is 32.3 Å². The fraction of sp³-hybridized carbons (Fsp3) is 0.474. The SMILES string of the molecule is CCN(CC)S(=O)(=O)c1cccc(C(=O)N[C@H](C(=O)OCC(=O)NC(N)=O)C(C)C)c1. The van der Waals surface area contributed by atoms with Gasteiger partial charge in [0.2, 0.25) is 10.0 Å². The first-order valence-corrected chi connectivity index (χ1v) is 11.0. The van der Waals surface area contributed by atoms with E-state index in [0.29, 0.717) is 0 Å². The summed E-state index contributed by atoms with van der Waals surface area (Å²) in [5.41, 5.74) is 4.84. The predicted octanol–water partition coefficient (Wildman–Crippen LogP) is 0.210. The molecule has 172 valence electrons. The molecular formula is C19H28N4O7S. The summed E-state index contributed by atoms with van der Waals surface area (Å²) in [4.78, 5) is 46.9. The summed E-state index contributed by atoms with van der Waals surface area (Å²) in [5, 5.41) is 4.23. The number of urea groups is 1. The highest BCUT2D eigenvalue weighted by atomic mass is 32.2. The lowest BCUT2D eigenvalue weighted by molar-refractivity contribution is -0.151. The number of nitrogens with two attached hydrogens (primary N) is 1. The Morgan fingerprint density at radius 1 is 1.13 bits per heavy atom. The number of benzene rings is 1. The van der Waals surface area contributed by atoms with Crippen LogP contribution in [0.3, 0.4) is 0 Å². The Balaban J connectivity index is 2.97. The predicted molar refractivity (Wildman–Crippen MR) is 111 cm³/mol. The molecule has 12 heteroatoms. The maximum atomic E-state index is 12.7. The molecule has 0 aromatic heterocycles. The number of primary amides is 1. The highest BCUT2D eigenvalue weighted by Gasteiger charge is 2.28. The van der Waals surface area contributed by atoms with Gasteiger partial charge in [0, 0.05) is 18.7 Å². The molecule has 0 aliphatic carbocycles. The minimum atomic E-state index is -3.77. The molecule has 0 spiro atoms. The second-order valence-corrected chi connectivity index (χ2v) is 8.77. The van der Waals surface area contributed by atoms with Gasteiger partial charge in [0.05, 0.1) is 4.90 Å². The van der Waals surface area contributed by atoms with E-state index >= 15 is 0 Å². The molecule has 0 radical (unpaired) electrons. The van der Waals surface area contributed by atoms with E-state index in [9.17, 15) is 27.6 Å². The van der Waals surface area contributed by atoms with Gasteiger partial charge < -0.3 is 15.8 Å². The van der Waals surface area contributed by atoms with Crippen molar-refractivity contribution >= 4 is 33.8 Å². The van der Waals surface area contributed by atoms with Crippen molar-refractivity contribution in [2.45, 2.75) is 38.6 Å². The molecule has 1 rings (SSSR count). The Labute approximate surface area is 181 Å². The van der Waals surface area contributed by atoms with Crippen LogP contribution in [-0.2, 0) is 24.3 Å². The maximum absolute atomic E-state index is 12.7. The third kappa shape index (κ3) is 7.33. The van der Waals surface area contributed by atoms with Gasteiger partial charge in [0.15, 0.2) is 6.61 Å². The average molecular weight is 457 g/mol. The van der Waals surface area contributed by atoms with E-state index < -0.39 is 52.4 Å². The van der Waals surface area contributed by atoms with Crippen molar-refractivity contribution in [3.05, 3.63) is 29.8 Å². The smallest absolute Gasteiger partial charge is 0.329 e. The van der Waals surface area contributed by atoms with Gasteiger partial charge in [0.1, 0.15) is 6.04 Å². The number of rotatable bonds is 10. The molecule has 1 aromatic carbocycles. The molecule has 1 aromatic rings. The average Bonchev–Trinajstić information content (AvgIpc) is 2.70. The van der Waals surface area contributed by atoms with Gasteiger partial charge in [-0.05, 0) is 24.1 Å². The van der Waals surface area contributed by atoms with Gasteiger partial charge in [-0.2, -0.15) is 4.31 Å². The number of hydrogen-bond donors (Lipinski definition) is 3. The van der Waals surface area contributed by atoms with Crippen LogP contribution in [0.2, 0.25) is 0 Å². The maximum Gasteiger partial charge on any atom is 0.329 e. The van der Waals surface area contributed by atoms with Gasteiger partial charge in [-0.15, -0.1) is 0 Å². The Hall–Kier alpha value is -2.99. The number of hydrogen-bond acceptors (Lipinski definition) is 7. The largest absolute Gasteiger partial charge is 0.454 e. The normalized spacial score (nSPS) is 12.3. The summed E-state index contributed by atoms with van der Waals surface area (Å²) >= 11 is 0. The lowest BCUT2D eigenvalue weighted by atomic mass is 10.0. The first-order chi connectivity index (χ1) is 14.4. The van der Waals surface area contributed by atoms with Crippen molar-refractivity contribution in [2.24, 2.45) is 11.7 Å². The van der Waals surface area contributed by atoms with E-state index in [1.165, 1.54) is 28.6 Å². The number of ether oxygens (including phenoxy) is 1. The van der Waals surface area contributed by atoms with Crippen LogP contribution in [0, 0.1) is 5.92 Å². The fourth-order valence-corrected chi connectivity index (χ4v) is 4.14. The summed E-state index contributed by atoms with van der Waals surface area (Å²) in [6.07, 6.45) is 0. The molecule has 1 atom stereocenters. The van der Waals surface area contributed by atoms with Crippen LogP contribution < -0.4 is 16.4 Å². The molecule has 0 heterocycles. The monoisotopic (exact) mass is 456 g/mol. The molecule has 4 amide bonds. The number of amides is 4. The first kappa shape index (κ1) is 26.0. The molecular weight excluding hydrogens is 428 g/mol. The van der Waals surface area contributed by atoms with Crippen LogP contribution in [0.1, 0.15) is 38.1 Å². The molecule has 0 aliphatic rings. The third-order valence-electron chi connectivity index (χ3n) is 4.25. The number of nitrogens with zero attached hydrogens (tertiary/aromatic N) is 1. The van der Waals surface area contributed by atoms with Gasteiger partial charge >= 0.3 is 12.0 Å². The number of esters is 1. The summed E-state index contributed by atoms with van der Waals surface area (Å²) in [7, 11) is -3.77. The van der Waals surface area contributed by atoms with Crippen LogP contribution in [0.25, 0.3) is 0 Å². The van der Waals surface area contributed by atoms with Crippen LogP contribution in [0.4, 0.5) is 4.79 Å². The Kier molecular flexibility index (Phi) is 9.59. The highest BCUT2D eigenvalue weighted by molar-refractivity contribution is 7.89. The topological polar surface area (TPSA) is 165 Å². The second kappa shape index (κ2) is 11.4. The molecule has 4 N–H and O–H groups in total. The van der Waals surface area contributed by atoms with E-state index in [1.54, 1.807) is 33.0 Å². The fourth-order valence-electron chi connectivity index (χ4n) is 2.63. The molecule has 0 unspecified atom stereocenters. The summed E-state index contributed by atoms with van der Waals surface area (Å²) in [6.45, 7) is 6.52. The number of nitrogens with one attached hydrogen (secondary N) is 2. The minimum Gasteiger partial charge on any atom is -0.454 e. The second-order valence-electron chi connectivity index (χ2n) is 6.83. The summed E-state index contributed by atoms with van der Waals surface area (Å²) in [5.74, 6) is -2.90. The summed E-state index contributed by atoms with van der Waals surface area (Å²) in [6, 6.07) is 3.26. The molecule has 0 aliphatic heterocycles. The van der Waals surface area contributed by atoms with Gasteiger partial charge in [0.25, 0.3) is 11.8 Å². The number of carbonyl (C=O) groups is 4. The van der Waals surface area contributed by atoms with E-state index in [-0.39, 0.29) is 23.5 Å². The van der Waals surface area contributed by atoms with Crippen LogP contribution in [0.5, 0.6) is 0 Å². The Morgan fingerprint density at radius 2 is 1.74 bits per heavy atom. The van der Waals surface area contributed by atoms with Crippen LogP contribution in [0.15, 0.2) is 29.2 Å². The van der Waals surface area contributed by atoms with E-state index in [1.807, 2.05) is 0 Å². The standard InChI is InChI=1S/C19H28N4O7S/c1-5-23(6-2)31(28,29)14-9-7-8-13(10-14)17(25)22-16(12(3)4)18(26)30-11-15(24)21-19(20)27/h7-10,12,16H,5-6,11H2,1-4H3,(H,22,25)(H3,20,21,24,27)/t16-/m0/s1. The zero-order valence-electron chi connectivity index (χ0n) is 17.9. The zero-order valence-corrected chi connectivity index (χ0v) is 18.7. The van der Waals surface area contributed by atoms with E-state index in [4.69, 9.17) is 10.5 Å². The molecule has 0 saturated heterocycles. The lowest BCUT2D eigenvalue weighted by Gasteiger charge is -2.21. The quantitative estimate of drug-likeness (QED) is 0.423. The van der Waals surface area contributed by atoms with Gasteiger partial charge in [-0.3, -0.25) is 14.9 Å². The van der Waals surface area contributed by atoms with Gasteiger partial charge in [-0.25, -0.2) is 18.0 Å². The molecule has 0 bridgehead atoms. The van der Waals surface area contributed by atoms with Crippen molar-refractivity contribution in [3.8, 4) is 0 Å². The minimum absolute atomic E-state index is 0.0400. The zero-order chi connectivity index (χ0) is 23.8. The molecule has 0 saturated carbocycles. The number of sulfonamides is 1. The molecule has 11 nitrogen and oxygen atoms in total. The lowest BCUT2D eigenvalue weighted by Crippen LogP contribution is -2.46. The number of imide groups is 1. The van der Waals surface area contributed by atoms with Crippen LogP contribution >= 0.6 is 0 Å². The van der Waals surface area contributed by atoms with Gasteiger partial charge in [-0.1, -0.05) is 33.8 Å². The van der Waals surface area contributed by atoms with Crippen molar-refractivity contribution in [3.63, 3.8) is 0 Å². The third-order valence-corrected chi connectivity index (χ3v) is 6.30. The number of carbonyl (C=O) groups excluding carboxylic acids is 4. The highest BCUT2D eigenvalue weighted by Crippen LogP contribution is 2.17. The van der Waals surface area contributed by atoms with Crippen molar-refractivity contribution in [2.75, 3.05) is 19.7 Å². The van der Waals surface area contributed by atoms with Crippen LogP contribution in [-0.4, -0.2) is 62.3 Å². The first-order valence-electron chi connectivity index (χ1n) is 9.60. The molecule has 0 fully saturated rings. The Morgan fingerprint density at radius 3 is 2.26 bits per heavy atom. The Bertz CT molecular complexity index is 927. The summed E-state index contributed by atoms with van der Waals surface area (Å²) < 4.78 is 31.5. The molecule has 31 heavy (non-hydrogen) atoms. The van der Waals surface area contributed by atoms with E-state index in [2.05, 4.69) is 5.32 Å². The van der Waals surface area contributed by atoms with Crippen molar-refractivity contribution in [1.82, 2.24) is 14.9 Å². The van der Waals surface area contributed by atoms with Crippen molar-refractivity contribution in [1.29, 1.82) is 0 Å². The van der Waals surface area contributed by atoms with E-state index in [0.717, 1.165) is 0 Å².